The van der Waals surface area contributed by atoms with E-state index in [1.165, 1.54) is 17.8 Å². The lowest BCUT2D eigenvalue weighted by Gasteiger charge is -2.14. The molecule has 1 aliphatic heterocycles. The third-order valence-corrected chi connectivity index (χ3v) is 3.45. The molecule has 0 saturated heterocycles. The summed E-state index contributed by atoms with van der Waals surface area (Å²) < 4.78 is 13.9. The van der Waals surface area contributed by atoms with E-state index in [0.29, 0.717) is 27.1 Å². The number of thioether (sulfide) groups is 1. The maximum atomic E-state index is 13.3. The Hall–Kier alpha value is -0.350. The predicted molar refractivity (Wildman–Crippen MR) is 53.8 cm³/mol. The van der Waals surface area contributed by atoms with Crippen LogP contribution in [0.1, 0.15) is 16.8 Å². The van der Waals surface area contributed by atoms with Gasteiger partial charge in [-0.15, -0.1) is 11.8 Å². The molecule has 1 nitrogen and oxygen atoms in total. The number of carbonyl (C=O) groups is 1. The molecule has 0 bridgehead atoms. The molecule has 4 heteroatoms. The van der Waals surface area contributed by atoms with Gasteiger partial charge in [0.2, 0.25) is 0 Å². The minimum absolute atomic E-state index is 0.0361. The number of benzene rings is 1. The highest BCUT2D eigenvalue weighted by Gasteiger charge is 2.21. The van der Waals surface area contributed by atoms with Crippen LogP contribution in [0, 0.1) is 5.82 Å². The van der Waals surface area contributed by atoms with Crippen LogP contribution < -0.4 is 0 Å². The van der Waals surface area contributed by atoms with E-state index >= 15 is 0 Å². The molecule has 1 aromatic carbocycles. The summed E-state index contributed by atoms with van der Waals surface area (Å²) in [7, 11) is 0. The molecule has 0 aromatic heterocycles. The third kappa shape index (κ3) is 1.65. The molecule has 0 saturated carbocycles. The van der Waals surface area contributed by atoms with Crippen molar-refractivity contribution >= 4 is 33.5 Å². The molecule has 1 aromatic rings. The van der Waals surface area contributed by atoms with E-state index in [1.54, 1.807) is 6.07 Å². The number of fused-ring (bicyclic) bond motifs is 1. The number of rotatable bonds is 0. The summed E-state index contributed by atoms with van der Waals surface area (Å²) in [6, 6.07) is 3.08. The Labute approximate surface area is 87.8 Å². The van der Waals surface area contributed by atoms with E-state index in [1.807, 2.05) is 0 Å². The van der Waals surface area contributed by atoms with Gasteiger partial charge >= 0.3 is 0 Å². The number of halogens is 2. The van der Waals surface area contributed by atoms with E-state index in [-0.39, 0.29) is 11.6 Å². The lowest BCUT2D eigenvalue weighted by molar-refractivity contribution is 0.0983. The van der Waals surface area contributed by atoms with Gasteiger partial charge in [0.05, 0.1) is 4.90 Å². The Bertz CT molecular complexity index is 378. The molecule has 0 radical (unpaired) electrons. The number of hydrogen-bond donors (Lipinski definition) is 0. The van der Waals surface area contributed by atoms with E-state index in [4.69, 9.17) is 0 Å². The molecule has 1 aliphatic rings. The molecular weight excluding hydrogens is 255 g/mol. The molecule has 0 N–H and O–H groups in total. The van der Waals surface area contributed by atoms with Crippen molar-refractivity contribution in [1.82, 2.24) is 0 Å². The Kier molecular flexibility index (Phi) is 2.43. The molecule has 2 rings (SSSR count). The lowest BCUT2D eigenvalue weighted by atomic mass is 10.1. The normalized spacial score (nSPS) is 15.7. The van der Waals surface area contributed by atoms with Crippen LogP contribution in [0.15, 0.2) is 21.5 Å². The van der Waals surface area contributed by atoms with Gasteiger partial charge in [0, 0.05) is 22.2 Å². The Morgan fingerprint density at radius 1 is 1.46 bits per heavy atom. The first-order chi connectivity index (χ1) is 6.18. The second kappa shape index (κ2) is 3.42. The lowest BCUT2D eigenvalue weighted by Crippen LogP contribution is -2.09. The fourth-order valence-corrected chi connectivity index (χ4v) is 2.74. The van der Waals surface area contributed by atoms with Crippen molar-refractivity contribution in [1.29, 1.82) is 0 Å². The highest BCUT2D eigenvalue weighted by molar-refractivity contribution is 9.10. The van der Waals surface area contributed by atoms with Gasteiger partial charge in [-0.3, -0.25) is 4.79 Å². The van der Waals surface area contributed by atoms with Crippen molar-refractivity contribution in [3.63, 3.8) is 0 Å². The summed E-state index contributed by atoms with van der Waals surface area (Å²) in [6.45, 7) is 0. The molecule has 68 valence electrons. The average Bonchev–Trinajstić information content (AvgIpc) is 2.07. The second-order valence-corrected chi connectivity index (χ2v) is 4.81. The predicted octanol–water partition coefficient (Wildman–Crippen LogP) is 3.27. The highest BCUT2D eigenvalue weighted by Crippen LogP contribution is 2.34. The maximum Gasteiger partial charge on any atom is 0.164 e. The van der Waals surface area contributed by atoms with Gasteiger partial charge in [0.25, 0.3) is 0 Å². The molecule has 0 spiro atoms. The van der Waals surface area contributed by atoms with Gasteiger partial charge in [-0.2, -0.15) is 0 Å². The zero-order chi connectivity index (χ0) is 9.42. The minimum Gasteiger partial charge on any atom is -0.294 e. The largest absolute Gasteiger partial charge is 0.294 e. The van der Waals surface area contributed by atoms with E-state index in [2.05, 4.69) is 15.9 Å². The van der Waals surface area contributed by atoms with E-state index in [0.717, 1.165) is 0 Å². The monoisotopic (exact) mass is 260 g/mol. The zero-order valence-corrected chi connectivity index (χ0v) is 9.04. The summed E-state index contributed by atoms with van der Waals surface area (Å²) in [4.78, 5) is 11.9. The Morgan fingerprint density at radius 3 is 3.00 bits per heavy atom. The van der Waals surface area contributed by atoms with Crippen molar-refractivity contribution in [2.75, 3.05) is 5.75 Å². The van der Waals surface area contributed by atoms with Crippen LogP contribution in [-0.4, -0.2) is 11.5 Å². The molecule has 13 heavy (non-hydrogen) atoms. The summed E-state index contributed by atoms with van der Waals surface area (Å²) in [5.41, 5.74) is 0.517. The number of carbonyl (C=O) groups excluding carboxylic acids is 1. The molecule has 0 amide bonds. The van der Waals surface area contributed by atoms with Gasteiger partial charge in [0.1, 0.15) is 5.82 Å². The second-order valence-electron chi connectivity index (χ2n) is 2.79. The molecule has 0 fully saturated rings. The van der Waals surface area contributed by atoms with Gasteiger partial charge in [-0.05, 0) is 12.1 Å². The van der Waals surface area contributed by atoms with Gasteiger partial charge in [-0.1, -0.05) is 15.9 Å². The number of hydrogen-bond acceptors (Lipinski definition) is 2. The van der Waals surface area contributed by atoms with E-state index in [9.17, 15) is 9.18 Å². The first-order valence-corrected chi connectivity index (χ1v) is 5.61. The van der Waals surface area contributed by atoms with Crippen LogP contribution in [0.5, 0.6) is 0 Å². The summed E-state index contributed by atoms with van der Waals surface area (Å²) in [5.74, 6) is 0.418. The summed E-state index contributed by atoms with van der Waals surface area (Å²) in [6.07, 6.45) is 0.507. The van der Waals surface area contributed by atoms with Gasteiger partial charge in [0.15, 0.2) is 5.78 Å². The van der Waals surface area contributed by atoms with Gasteiger partial charge < -0.3 is 0 Å². The first-order valence-electron chi connectivity index (χ1n) is 3.83. The first kappa shape index (κ1) is 9.21. The topological polar surface area (TPSA) is 17.1 Å². The standard InChI is InChI=1S/C9H6BrFOS/c10-5-3-6-8(12)1-2-13-9(6)7(11)4-5/h3-4H,1-2H2. The molecular formula is C9H6BrFOS. The van der Waals surface area contributed by atoms with E-state index < -0.39 is 0 Å². The highest BCUT2D eigenvalue weighted by atomic mass is 79.9. The Balaban J connectivity index is 2.63. The summed E-state index contributed by atoms with van der Waals surface area (Å²) in [5, 5.41) is 0. The zero-order valence-electron chi connectivity index (χ0n) is 6.64. The smallest absolute Gasteiger partial charge is 0.164 e. The van der Waals surface area contributed by atoms with Crippen molar-refractivity contribution in [2.24, 2.45) is 0 Å². The quantitative estimate of drug-likeness (QED) is 0.713. The molecule has 1 heterocycles. The van der Waals surface area contributed by atoms with Crippen LogP contribution in [0.25, 0.3) is 0 Å². The van der Waals surface area contributed by atoms with Crippen LogP contribution in [-0.2, 0) is 0 Å². The van der Waals surface area contributed by atoms with Crippen LogP contribution >= 0.6 is 27.7 Å². The van der Waals surface area contributed by atoms with Crippen LogP contribution in [0.2, 0.25) is 0 Å². The number of Topliss-reactive ketones (excluding diaryl/α,β-unsaturated/α-hetero) is 1. The fraction of sp³-hybridized carbons (Fsp3) is 0.222. The third-order valence-electron chi connectivity index (χ3n) is 1.88. The Morgan fingerprint density at radius 2 is 2.23 bits per heavy atom. The average molecular weight is 261 g/mol. The maximum absolute atomic E-state index is 13.3. The fourth-order valence-electron chi connectivity index (χ4n) is 1.29. The van der Waals surface area contributed by atoms with Crippen LogP contribution in [0.3, 0.4) is 0 Å². The van der Waals surface area contributed by atoms with Crippen molar-refractivity contribution in [3.05, 3.63) is 28.0 Å². The van der Waals surface area contributed by atoms with Gasteiger partial charge in [-0.25, -0.2) is 4.39 Å². The number of ketones is 1. The summed E-state index contributed by atoms with van der Waals surface area (Å²) >= 11 is 4.58. The molecule has 0 unspecified atom stereocenters. The van der Waals surface area contributed by atoms with Crippen molar-refractivity contribution < 1.29 is 9.18 Å². The van der Waals surface area contributed by atoms with Crippen molar-refractivity contribution in [2.45, 2.75) is 11.3 Å². The SMILES string of the molecule is O=C1CCSc2c(F)cc(Br)cc21. The van der Waals surface area contributed by atoms with Crippen LogP contribution in [0.4, 0.5) is 4.39 Å². The molecule has 0 aliphatic carbocycles. The molecule has 0 atom stereocenters. The van der Waals surface area contributed by atoms with Crippen molar-refractivity contribution in [3.8, 4) is 0 Å². The minimum atomic E-state index is -0.303.